The van der Waals surface area contributed by atoms with Crippen molar-refractivity contribution in [3.8, 4) is 0 Å². The van der Waals surface area contributed by atoms with Gasteiger partial charge in [0.15, 0.2) is 0 Å². The third-order valence-corrected chi connectivity index (χ3v) is 5.77. The van der Waals surface area contributed by atoms with Crippen LogP contribution < -0.4 is 0 Å². The van der Waals surface area contributed by atoms with Crippen molar-refractivity contribution in [3.63, 3.8) is 0 Å². The van der Waals surface area contributed by atoms with Crippen molar-refractivity contribution in [2.24, 2.45) is 17.8 Å². The van der Waals surface area contributed by atoms with Crippen molar-refractivity contribution in [3.05, 3.63) is 0 Å². The smallest absolute Gasteiger partial charge is 0.410 e. The third-order valence-electron chi connectivity index (χ3n) is 5.77. The van der Waals surface area contributed by atoms with Crippen molar-refractivity contribution in [1.29, 1.82) is 0 Å². The molecule has 2 saturated heterocycles. The van der Waals surface area contributed by atoms with Gasteiger partial charge in [-0.1, -0.05) is 13.8 Å². The highest BCUT2D eigenvalue weighted by atomic mass is 16.6. The Kier molecular flexibility index (Phi) is 7.36. The minimum absolute atomic E-state index is 0.224. The van der Waals surface area contributed by atoms with Gasteiger partial charge in [0.05, 0.1) is 0 Å². The molecule has 0 aliphatic carbocycles. The molecule has 5 heteroatoms. The van der Waals surface area contributed by atoms with E-state index in [0.29, 0.717) is 24.2 Å². The minimum atomic E-state index is -0.453. The molecule has 150 valence electrons. The molecule has 2 aliphatic rings. The number of hydrogen-bond acceptors (Lipinski definition) is 3. The molecule has 2 heterocycles. The van der Waals surface area contributed by atoms with E-state index in [9.17, 15) is 9.59 Å². The van der Waals surface area contributed by atoms with Crippen LogP contribution in [0.25, 0.3) is 0 Å². The molecule has 2 aliphatic heterocycles. The molecule has 5 nitrogen and oxygen atoms in total. The van der Waals surface area contributed by atoms with Crippen molar-refractivity contribution in [1.82, 2.24) is 9.80 Å². The first-order valence-electron chi connectivity index (χ1n) is 10.4. The first-order valence-corrected chi connectivity index (χ1v) is 10.4. The summed E-state index contributed by atoms with van der Waals surface area (Å²) in [6.45, 7) is 13.5. The second kappa shape index (κ2) is 9.09. The lowest BCUT2D eigenvalue weighted by molar-refractivity contribution is -0.131. The van der Waals surface area contributed by atoms with Gasteiger partial charge in [0, 0.05) is 32.6 Å². The Bertz CT molecular complexity index is 484. The molecule has 0 saturated carbocycles. The van der Waals surface area contributed by atoms with E-state index < -0.39 is 5.60 Å². The molecule has 2 rings (SSSR count). The maximum absolute atomic E-state index is 12.6. The van der Waals surface area contributed by atoms with E-state index in [4.69, 9.17) is 4.74 Å². The summed E-state index contributed by atoms with van der Waals surface area (Å²) in [5, 5.41) is 0. The average Bonchev–Trinajstić information content (AvgIpc) is 2.86. The lowest BCUT2D eigenvalue weighted by Crippen LogP contribution is -2.35. The number of nitrogens with zero attached hydrogens (tertiary/aromatic N) is 2. The summed E-state index contributed by atoms with van der Waals surface area (Å²) in [4.78, 5) is 28.6. The summed E-state index contributed by atoms with van der Waals surface area (Å²) in [6.07, 6.45) is 5.75. The van der Waals surface area contributed by atoms with Gasteiger partial charge in [-0.15, -0.1) is 0 Å². The van der Waals surface area contributed by atoms with Crippen molar-refractivity contribution in [2.75, 3.05) is 26.2 Å². The molecule has 2 amide bonds. The molecule has 0 aromatic heterocycles. The molecule has 2 fully saturated rings. The van der Waals surface area contributed by atoms with Crippen LogP contribution >= 0.6 is 0 Å². The number of ether oxygens (including phenoxy) is 1. The minimum Gasteiger partial charge on any atom is -0.444 e. The maximum Gasteiger partial charge on any atom is 0.410 e. The highest BCUT2D eigenvalue weighted by molar-refractivity contribution is 5.76. The van der Waals surface area contributed by atoms with E-state index in [1.165, 1.54) is 6.42 Å². The zero-order valence-electron chi connectivity index (χ0n) is 17.4. The Hall–Kier alpha value is -1.26. The Morgan fingerprint density at radius 2 is 1.73 bits per heavy atom. The Morgan fingerprint density at radius 3 is 2.38 bits per heavy atom. The van der Waals surface area contributed by atoms with Crippen LogP contribution in [0, 0.1) is 17.8 Å². The summed E-state index contributed by atoms with van der Waals surface area (Å²) >= 11 is 0. The molecule has 0 aromatic rings. The molecular formula is C21H38N2O3. The van der Waals surface area contributed by atoms with Gasteiger partial charge in [-0.2, -0.15) is 0 Å². The van der Waals surface area contributed by atoms with Gasteiger partial charge in [-0.3, -0.25) is 4.79 Å². The monoisotopic (exact) mass is 366 g/mol. The van der Waals surface area contributed by atoms with Crippen LogP contribution in [0.4, 0.5) is 4.79 Å². The zero-order chi connectivity index (χ0) is 19.3. The van der Waals surface area contributed by atoms with Gasteiger partial charge in [0.25, 0.3) is 0 Å². The van der Waals surface area contributed by atoms with Crippen LogP contribution in [-0.4, -0.2) is 53.6 Å². The Morgan fingerprint density at radius 1 is 1.04 bits per heavy atom. The number of likely N-dealkylation sites (tertiary alicyclic amines) is 2. The fourth-order valence-corrected chi connectivity index (χ4v) is 4.08. The number of amides is 2. The van der Waals surface area contributed by atoms with Crippen LogP contribution in [0.5, 0.6) is 0 Å². The van der Waals surface area contributed by atoms with Crippen LogP contribution in [0.3, 0.4) is 0 Å². The topological polar surface area (TPSA) is 49.9 Å². The van der Waals surface area contributed by atoms with Gasteiger partial charge >= 0.3 is 6.09 Å². The standard InChI is InChI=1S/C21H38N2O3/c1-16(2)18-7-6-12-22(14-11-18)19(24)9-8-17-10-13-23(15-17)20(25)26-21(3,4)5/h16-18H,6-15H2,1-5H3/t17-,18+/m1/s1. The van der Waals surface area contributed by atoms with E-state index in [0.717, 1.165) is 57.8 Å². The molecule has 0 bridgehead atoms. The molecule has 0 unspecified atom stereocenters. The van der Waals surface area contributed by atoms with Gasteiger partial charge in [0.2, 0.25) is 5.91 Å². The highest BCUT2D eigenvalue weighted by Crippen LogP contribution is 2.26. The van der Waals surface area contributed by atoms with Crippen LogP contribution in [0.1, 0.15) is 73.1 Å². The second-order valence-electron chi connectivity index (χ2n) is 9.44. The highest BCUT2D eigenvalue weighted by Gasteiger charge is 2.30. The van der Waals surface area contributed by atoms with Crippen LogP contribution in [0.15, 0.2) is 0 Å². The van der Waals surface area contributed by atoms with E-state index in [1.54, 1.807) is 4.90 Å². The molecule has 0 radical (unpaired) electrons. The molecule has 0 aromatic carbocycles. The number of hydrogen-bond donors (Lipinski definition) is 0. The largest absolute Gasteiger partial charge is 0.444 e. The van der Waals surface area contributed by atoms with Crippen molar-refractivity contribution >= 4 is 12.0 Å². The van der Waals surface area contributed by atoms with Gasteiger partial charge in [0.1, 0.15) is 5.60 Å². The first-order chi connectivity index (χ1) is 12.2. The maximum atomic E-state index is 12.6. The SMILES string of the molecule is CC(C)[C@H]1CCCN(C(=O)CC[C@@H]2CCN(C(=O)OC(C)(C)C)C2)CC1. The fourth-order valence-electron chi connectivity index (χ4n) is 4.08. The van der Waals surface area contributed by atoms with Gasteiger partial charge < -0.3 is 14.5 Å². The lowest BCUT2D eigenvalue weighted by atomic mass is 9.89. The summed E-state index contributed by atoms with van der Waals surface area (Å²) in [5.41, 5.74) is -0.453. The quantitative estimate of drug-likeness (QED) is 0.745. The molecule has 26 heavy (non-hydrogen) atoms. The number of rotatable bonds is 4. The molecule has 0 N–H and O–H groups in total. The lowest BCUT2D eigenvalue weighted by Gasteiger charge is -2.24. The summed E-state index contributed by atoms with van der Waals surface area (Å²) in [7, 11) is 0. The van der Waals surface area contributed by atoms with Crippen molar-refractivity contribution < 1.29 is 14.3 Å². The number of carbonyl (C=O) groups excluding carboxylic acids is 2. The molecular weight excluding hydrogens is 328 g/mol. The first kappa shape index (κ1) is 21.0. The van der Waals surface area contributed by atoms with Crippen LogP contribution in [0.2, 0.25) is 0 Å². The second-order valence-corrected chi connectivity index (χ2v) is 9.44. The molecule has 0 spiro atoms. The van der Waals surface area contributed by atoms with E-state index in [-0.39, 0.29) is 6.09 Å². The Labute approximate surface area is 159 Å². The number of carbonyl (C=O) groups is 2. The van der Waals surface area contributed by atoms with E-state index >= 15 is 0 Å². The van der Waals surface area contributed by atoms with E-state index in [2.05, 4.69) is 18.7 Å². The predicted octanol–water partition coefficient (Wildman–Crippen LogP) is 4.31. The van der Waals surface area contributed by atoms with Crippen molar-refractivity contribution in [2.45, 2.75) is 78.7 Å². The van der Waals surface area contributed by atoms with Gasteiger partial charge in [-0.25, -0.2) is 4.79 Å². The Balaban J connectivity index is 1.72. The normalized spacial score (nSPS) is 24.7. The van der Waals surface area contributed by atoms with Gasteiger partial charge in [-0.05, 0) is 70.6 Å². The van der Waals surface area contributed by atoms with E-state index in [1.807, 2.05) is 20.8 Å². The summed E-state index contributed by atoms with van der Waals surface area (Å²) < 4.78 is 5.45. The third kappa shape index (κ3) is 6.48. The van der Waals surface area contributed by atoms with Crippen LogP contribution in [-0.2, 0) is 9.53 Å². The summed E-state index contributed by atoms with van der Waals surface area (Å²) in [6, 6.07) is 0. The molecule has 2 atom stereocenters. The summed E-state index contributed by atoms with van der Waals surface area (Å²) in [5.74, 6) is 2.18. The zero-order valence-corrected chi connectivity index (χ0v) is 17.4. The fraction of sp³-hybridized carbons (Fsp3) is 0.905. The predicted molar refractivity (Wildman–Crippen MR) is 104 cm³/mol. The average molecular weight is 367 g/mol.